The minimum atomic E-state index is 0.163. The van der Waals surface area contributed by atoms with E-state index in [0.29, 0.717) is 0 Å². The first-order chi connectivity index (χ1) is 10.3. The number of benzene rings is 1. The zero-order chi connectivity index (χ0) is 14.2. The van der Waals surface area contributed by atoms with Gasteiger partial charge in [0.1, 0.15) is 0 Å². The Morgan fingerprint density at radius 3 is 2.62 bits per heavy atom. The van der Waals surface area contributed by atoms with Gasteiger partial charge in [-0.15, -0.1) is 11.3 Å². The van der Waals surface area contributed by atoms with Gasteiger partial charge >= 0.3 is 0 Å². The van der Waals surface area contributed by atoms with Crippen LogP contribution < -0.4 is 5.32 Å². The van der Waals surface area contributed by atoms with Crippen molar-refractivity contribution in [1.29, 1.82) is 0 Å². The van der Waals surface area contributed by atoms with Crippen LogP contribution in [-0.2, 0) is 17.6 Å². The third-order valence-corrected chi connectivity index (χ3v) is 5.57. The molecule has 0 bridgehead atoms. The van der Waals surface area contributed by atoms with E-state index in [1.54, 1.807) is 11.3 Å². The molecule has 108 valence electrons. The summed E-state index contributed by atoms with van der Waals surface area (Å²) in [4.78, 5) is 18.2. The molecule has 1 heterocycles. The number of nitrogens with zero attached hydrogens (tertiary/aromatic N) is 1. The van der Waals surface area contributed by atoms with E-state index in [9.17, 15) is 4.79 Å². The quantitative estimate of drug-likeness (QED) is 0.782. The van der Waals surface area contributed by atoms with Crippen molar-refractivity contribution in [1.82, 2.24) is 4.98 Å². The Labute approximate surface area is 128 Å². The predicted octanol–water partition coefficient (Wildman–Crippen LogP) is 3.77. The van der Waals surface area contributed by atoms with Crippen LogP contribution in [0.1, 0.15) is 47.4 Å². The molecule has 1 fully saturated rings. The van der Waals surface area contributed by atoms with E-state index < -0.39 is 0 Å². The number of anilines is 1. The van der Waals surface area contributed by atoms with Crippen LogP contribution in [0.25, 0.3) is 0 Å². The first-order valence-electron chi connectivity index (χ1n) is 7.66. The molecule has 0 radical (unpaired) electrons. The van der Waals surface area contributed by atoms with Crippen LogP contribution in [0.4, 0.5) is 5.13 Å². The van der Waals surface area contributed by atoms with Crippen molar-refractivity contribution in [2.24, 2.45) is 5.92 Å². The maximum absolute atomic E-state index is 12.2. The van der Waals surface area contributed by atoms with Gasteiger partial charge in [-0.05, 0) is 24.0 Å². The van der Waals surface area contributed by atoms with Gasteiger partial charge in [0, 0.05) is 23.6 Å². The highest BCUT2D eigenvalue weighted by Crippen LogP contribution is 2.33. The first kappa shape index (κ1) is 13.0. The average Bonchev–Trinajstić information content (AvgIpc) is 3.13. The number of rotatable bonds is 2. The van der Waals surface area contributed by atoms with Gasteiger partial charge in [-0.25, -0.2) is 4.98 Å². The monoisotopic (exact) mass is 298 g/mol. The molecule has 1 N–H and O–H groups in total. The Kier molecular flexibility index (Phi) is 3.26. The first-order valence-corrected chi connectivity index (χ1v) is 8.47. The van der Waals surface area contributed by atoms with Crippen molar-refractivity contribution in [2.45, 2.75) is 38.5 Å². The highest BCUT2D eigenvalue weighted by molar-refractivity contribution is 7.15. The number of thiazole rings is 1. The van der Waals surface area contributed by atoms with E-state index in [2.05, 4.69) is 34.6 Å². The summed E-state index contributed by atoms with van der Waals surface area (Å²) in [5.74, 6) is 0.360. The van der Waals surface area contributed by atoms with Gasteiger partial charge in [-0.2, -0.15) is 0 Å². The number of amides is 1. The molecule has 0 aliphatic heterocycles. The van der Waals surface area contributed by atoms with E-state index in [4.69, 9.17) is 0 Å². The molecule has 0 spiro atoms. The van der Waals surface area contributed by atoms with Crippen molar-refractivity contribution in [3.8, 4) is 0 Å². The molecule has 21 heavy (non-hydrogen) atoms. The fraction of sp³-hybridized carbons (Fsp3) is 0.412. The molecule has 0 unspecified atom stereocenters. The molecular weight excluding hydrogens is 280 g/mol. The Morgan fingerprint density at radius 1 is 1.14 bits per heavy atom. The Morgan fingerprint density at radius 2 is 1.86 bits per heavy atom. The SMILES string of the molecule is O=C(Nc1nc2c(s1)Cc1ccccc1C2)C1CCCC1. The van der Waals surface area contributed by atoms with Crippen LogP contribution in [-0.4, -0.2) is 10.9 Å². The predicted molar refractivity (Wildman–Crippen MR) is 84.8 cm³/mol. The van der Waals surface area contributed by atoms with Crippen LogP contribution >= 0.6 is 11.3 Å². The maximum Gasteiger partial charge on any atom is 0.229 e. The second-order valence-electron chi connectivity index (χ2n) is 5.98. The number of nitrogens with one attached hydrogen (secondary N) is 1. The largest absolute Gasteiger partial charge is 0.302 e. The molecule has 1 aromatic carbocycles. The van der Waals surface area contributed by atoms with Crippen molar-refractivity contribution >= 4 is 22.4 Å². The maximum atomic E-state index is 12.2. The summed E-state index contributed by atoms with van der Waals surface area (Å²) in [7, 11) is 0. The molecule has 0 atom stereocenters. The van der Waals surface area contributed by atoms with Crippen LogP contribution in [0.5, 0.6) is 0 Å². The van der Waals surface area contributed by atoms with Crippen molar-refractivity contribution < 1.29 is 4.79 Å². The van der Waals surface area contributed by atoms with Crippen LogP contribution in [0.2, 0.25) is 0 Å². The standard InChI is InChI=1S/C17H18N2OS/c20-16(11-5-1-2-6-11)19-17-18-14-9-12-7-3-4-8-13(12)10-15(14)21-17/h3-4,7-8,11H,1-2,5-6,9-10H2,(H,18,19,20). The van der Waals surface area contributed by atoms with Gasteiger partial charge in [0.25, 0.3) is 0 Å². The van der Waals surface area contributed by atoms with E-state index in [1.165, 1.54) is 28.8 Å². The number of hydrogen-bond acceptors (Lipinski definition) is 3. The molecule has 2 aliphatic carbocycles. The summed E-state index contributed by atoms with van der Waals surface area (Å²) >= 11 is 1.64. The van der Waals surface area contributed by atoms with Gasteiger partial charge in [0.15, 0.2) is 5.13 Å². The number of carbonyl (C=O) groups is 1. The van der Waals surface area contributed by atoms with Gasteiger partial charge in [0.05, 0.1) is 5.69 Å². The van der Waals surface area contributed by atoms with E-state index in [-0.39, 0.29) is 11.8 Å². The molecule has 2 aliphatic rings. The van der Waals surface area contributed by atoms with E-state index in [1.807, 2.05) is 0 Å². The summed E-state index contributed by atoms with van der Waals surface area (Å²) in [5.41, 5.74) is 3.90. The van der Waals surface area contributed by atoms with Crippen molar-refractivity contribution in [2.75, 3.05) is 5.32 Å². The lowest BCUT2D eigenvalue weighted by Crippen LogP contribution is -2.20. The smallest absolute Gasteiger partial charge is 0.229 e. The number of hydrogen-bond donors (Lipinski definition) is 1. The summed E-state index contributed by atoms with van der Waals surface area (Å²) in [6.45, 7) is 0. The number of carbonyl (C=O) groups excluding carboxylic acids is 1. The Hall–Kier alpha value is -1.68. The van der Waals surface area contributed by atoms with Crippen LogP contribution in [0, 0.1) is 5.92 Å². The lowest BCUT2D eigenvalue weighted by Gasteiger charge is -2.13. The normalized spacial score (nSPS) is 17.3. The molecule has 2 aromatic rings. The second-order valence-corrected chi connectivity index (χ2v) is 7.07. The highest BCUT2D eigenvalue weighted by Gasteiger charge is 2.25. The highest BCUT2D eigenvalue weighted by atomic mass is 32.1. The van der Waals surface area contributed by atoms with Gasteiger partial charge in [-0.1, -0.05) is 37.1 Å². The number of aromatic nitrogens is 1. The third-order valence-electron chi connectivity index (χ3n) is 4.56. The summed E-state index contributed by atoms with van der Waals surface area (Å²) < 4.78 is 0. The van der Waals surface area contributed by atoms with Crippen LogP contribution in [0.3, 0.4) is 0 Å². The van der Waals surface area contributed by atoms with E-state index in [0.717, 1.165) is 36.5 Å². The minimum Gasteiger partial charge on any atom is -0.302 e. The molecule has 4 rings (SSSR count). The molecule has 3 nitrogen and oxygen atoms in total. The molecule has 4 heteroatoms. The lowest BCUT2D eigenvalue weighted by atomic mass is 9.94. The second kappa shape index (κ2) is 5.26. The average molecular weight is 298 g/mol. The van der Waals surface area contributed by atoms with Crippen LogP contribution in [0.15, 0.2) is 24.3 Å². The zero-order valence-corrected chi connectivity index (χ0v) is 12.7. The summed E-state index contributed by atoms with van der Waals surface area (Å²) in [6.07, 6.45) is 6.26. The fourth-order valence-electron chi connectivity index (χ4n) is 3.36. The number of fused-ring (bicyclic) bond motifs is 2. The molecule has 0 saturated heterocycles. The Balaban J connectivity index is 1.52. The van der Waals surface area contributed by atoms with Gasteiger partial charge < -0.3 is 5.32 Å². The lowest BCUT2D eigenvalue weighted by molar-refractivity contribution is -0.119. The van der Waals surface area contributed by atoms with Gasteiger partial charge in [0.2, 0.25) is 5.91 Å². The van der Waals surface area contributed by atoms with Gasteiger partial charge in [-0.3, -0.25) is 4.79 Å². The molecule has 1 amide bonds. The molecule has 1 aromatic heterocycles. The molecular formula is C17H18N2OS. The summed E-state index contributed by atoms with van der Waals surface area (Å²) in [6, 6.07) is 8.54. The fourth-order valence-corrected chi connectivity index (χ4v) is 4.37. The molecule has 1 saturated carbocycles. The zero-order valence-electron chi connectivity index (χ0n) is 11.9. The third kappa shape index (κ3) is 2.48. The van der Waals surface area contributed by atoms with Crippen molar-refractivity contribution in [3.63, 3.8) is 0 Å². The summed E-state index contributed by atoms with van der Waals surface area (Å²) in [5, 5.41) is 3.82. The van der Waals surface area contributed by atoms with E-state index >= 15 is 0 Å². The Bertz CT molecular complexity index is 643. The minimum absolute atomic E-state index is 0.163. The van der Waals surface area contributed by atoms with Crippen molar-refractivity contribution in [3.05, 3.63) is 46.0 Å². The topological polar surface area (TPSA) is 42.0 Å².